The lowest BCUT2D eigenvalue weighted by Crippen LogP contribution is -2.36. The maximum Gasteiger partial charge on any atom is 0.355 e. The number of anilines is 1. The minimum Gasteiger partial charge on any atom is -0.387 e. The summed E-state index contributed by atoms with van der Waals surface area (Å²) in [5.74, 6) is -2.76. The van der Waals surface area contributed by atoms with Crippen LogP contribution >= 0.6 is 19.2 Å². The smallest absolute Gasteiger partial charge is 0.355 e. The third-order valence-corrected chi connectivity index (χ3v) is 8.17. The van der Waals surface area contributed by atoms with Crippen molar-refractivity contribution in [1.82, 2.24) is 19.7 Å². The summed E-state index contributed by atoms with van der Waals surface area (Å²) < 4.78 is 46.1. The quantitative estimate of drug-likeness (QED) is 0.165. The number of primary sulfonamides is 1. The molecule has 1 saturated heterocycles. The Morgan fingerprint density at radius 2 is 1.97 bits per heavy atom. The first-order valence-electron chi connectivity index (χ1n) is 10.7. The van der Waals surface area contributed by atoms with Gasteiger partial charge in [-0.2, -0.15) is 15.1 Å². The molecule has 0 aromatic carbocycles. The summed E-state index contributed by atoms with van der Waals surface area (Å²) >= 11 is 6.11. The van der Waals surface area contributed by atoms with Crippen molar-refractivity contribution >= 4 is 46.1 Å². The predicted octanol–water partition coefficient (Wildman–Crippen LogP) is -0.738. The molecule has 1 saturated carbocycles. The SMILES string of the molecule is NS(=O)(=O)C[C@@H](OC[C@H]1O[C@@H](n2ncc3c(NC4CCCC4)nc(Cl)nc32)[C@H](O)[C@@H]1O)P(=O)(O)O. The number of aliphatic hydroxyl groups excluding tert-OH is 2. The number of fused-ring (bicyclic) bond motifs is 1. The third-order valence-electron chi connectivity index (χ3n) is 5.90. The lowest BCUT2D eigenvalue weighted by atomic mass is 10.1. The number of aromatic nitrogens is 4. The van der Waals surface area contributed by atoms with Gasteiger partial charge in [-0.3, -0.25) is 4.57 Å². The fraction of sp³-hybridized carbons (Fsp3) is 0.706. The van der Waals surface area contributed by atoms with Crippen LogP contribution in [0.25, 0.3) is 11.0 Å². The van der Waals surface area contributed by atoms with E-state index in [1.165, 1.54) is 10.9 Å². The van der Waals surface area contributed by atoms with Gasteiger partial charge < -0.3 is 34.8 Å². The Bertz CT molecular complexity index is 1220. The van der Waals surface area contributed by atoms with Crippen molar-refractivity contribution in [3.05, 3.63) is 11.5 Å². The normalized spacial score (nSPS) is 27.0. The highest BCUT2D eigenvalue weighted by Gasteiger charge is 2.46. The largest absolute Gasteiger partial charge is 0.387 e. The summed E-state index contributed by atoms with van der Waals surface area (Å²) in [4.78, 5) is 27.2. The van der Waals surface area contributed by atoms with Crippen LogP contribution in [-0.2, 0) is 24.1 Å². The van der Waals surface area contributed by atoms with Crippen LogP contribution in [0.1, 0.15) is 31.9 Å². The van der Waals surface area contributed by atoms with E-state index in [0.717, 1.165) is 25.7 Å². The van der Waals surface area contributed by atoms with Gasteiger partial charge in [-0.05, 0) is 24.4 Å². The van der Waals surface area contributed by atoms with Crippen LogP contribution in [-0.4, -0.2) is 90.7 Å². The van der Waals surface area contributed by atoms with Gasteiger partial charge in [0.25, 0.3) is 0 Å². The first-order chi connectivity index (χ1) is 16.3. The van der Waals surface area contributed by atoms with Gasteiger partial charge in [-0.15, -0.1) is 0 Å². The first-order valence-corrected chi connectivity index (χ1v) is 14.5. The summed E-state index contributed by atoms with van der Waals surface area (Å²) in [7, 11) is -9.30. The van der Waals surface area contributed by atoms with E-state index in [1.807, 2.05) is 0 Å². The van der Waals surface area contributed by atoms with Crippen molar-refractivity contribution in [2.45, 2.75) is 62.1 Å². The van der Waals surface area contributed by atoms with Gasteiger partial charge in [0.15, 0.2) is 17.7 Å². The van der Waals surface area contributed by atoms with Gasteiger partial charge in [0.2, 0.25) is 15.3 Å². The predicted molar refractivity (Wildman–Crippen MR) is 122 cm³/mol. The second-order valence-electron chi connectivity index (χ2n) is 8.55. The summed E-state index contributed by atoms with van der Waals surface area (Å²) in [5, 5.41) is 33.9. The van der Waals surface area contributed by atoms with Crippen LogP contribution in [0.15, 0.2) is 6.20 Å². The van der Waals surface area contributed by atoms with Crippen LogP contribution in [0.2, 0.25) is 5.28 Å². The molecular formula is C17H26ClN6O9PS. The molecule has 1 aliphatic carbocycles. The Hall–Kier alpha value is -1.46. The number of aliphatic hydroxyl groups is 2. The van der Waals surface area contributed by atoms with Crippen molar-refractivity contribution in [2.75, 3.05) is 17.7 Å². The maximum absolute atomic E-state index is 11.6. The van der Waals surface area contributed by atoms with E-state index in [1.54, 1.807) is 0 Å². The topological polar surface area (TPSA) is 232 Å². The zero-order valence-electron chi connectivity index (χ0n) is 18.2. The Morgan fingerprint density at radius 3 is 2.60 bits per heavy atom. The molecule has 4 rings (SSSR count). The van der Waals surface area contributed by atoms with E-state index in [-0.39, 0.29) is 17.0 Å². The molecule has 2 aliphatic rings. The molecule has 7 N–H and O–H groups in total. The van der Waals surface area contributed by atoms with E-state index < -0.39 is 60.4 Å². The zero-order valence-corrected chi connectivity index (χ0v) is 20.7. The molecule has 15 nitrogen and oxygen atoms in total. The minimum atomic E-state index is -5.02. The van der Waals surface area contributed by atoms with Gasteiger partial charge >= 0.3 is 7.60 Å². The van der Waals surface area contributed by atoms with E-state index >= 15 is 0 Å². The van der Waals surface area contributed by atoms with Crippen LogP contribution in [0.5, 0.6) is 0 Å². The fourth-order valence-electron chi connectivity index (χ4n) is 4.17. The standard InChI is InChI=1S/C17H26ClN6O9PS/c18-17-22-14(21-8-3-1-2-4-8)9-5-20-24(15(9)23-17)16-13(26)12(25)10(33-16)6-32-11(34(27,28)29)7-35(19,30)31/h5,8,10-13,16,25-26H,1-4,6-7H2,(H2,19,30,31)(H,21,22,23)(H2,27,28,29)/t10-,11+,12-,13-,16-/m1/s1. The molecular weight excluding hydrogens is 531 g/mol. The molecule has 2 fully saturated rings. The third kappa shape index (κ3) is 6.10. The maximum atomic E-state index is 11.6. The molecule has 0 amide bonds. The van der Waals surface area contributed by atoms with Gasteiger partial charge in [0.1, 0.15) is 29.9 Å². The Morgan fingerprint density at radius 1 is 1.29 bits per heavy atom. The van der Waals surface area contributed by atoms with Crippen LogP contribution in [0.3, 0.4) is 0 Å². The molecule has 35 heavy (non-hydrogen) atoms. The lowest BCUT2D eigenvalue weighted by Gasteiger charge is -2.21. The second-order valence-corrected chi connectivity index (χ2v) is 12.3. The Kier molecular flexibility index (Phi) is 7.70. The van der Waals surface area contributed by atoms with E-state index in [9.17, 15) is 33.0 Å². The number of hydrogen-bond donors (Lipinski definition) is 6. The molecule has 3 heterocycles. The molecule has 2 aromatic heterocycles. The highest BCUT2D eigenvalue weighted by atomic mass is 35.5. The summed E-state index contributed by atoms with van der Waals surface area (Å²) in [6.45, 7) is -0.649. The van der Waals surface area contributed by atoms with Crippen molar-refractivity contribution in [1.29, 1.82) is 0 Å². The molecule has 0 bridgehead atoms. The molecule has 18 heteroatoms. The van der Waals surface area contributed by atoms with E-state index in [2.05, 4.69) is 20.4 Å². The number of halogens is 1. The molecule has 2 aromatic rings. The number of ether oxygens (including phenoxy) is 2. The monoisotopic (exact) mass is 556 g/mol. The highest BCUT2D eigenvalue weighted by molar-refractivity contribution is 7.89. The zero-order chi connectivity index (χ0) is 25.5. The average Bonchev–Trinajstić information content (AvgIpc) is 3.45. The molecule has 5 atom stereocenters. The summed E-state index contributed by atoms with van der Waals surface area (Å²) in [6.07, 6.45) is 0.00631. The van der Waals surface area contributed by atoms with Crippen LogP contribution in [0.4, 0.5) is 5.82 Å². The highest BCUT2D eigenvalue weighted by Crippen LogP contribution is 2.43. The number of sulfonamides is 1. The first kappa shape index (κ1) is 26.6. The Balaban J connectivity index is 1.53. The minimum absolute atomic E-state index is 0.0693. The molecule has 0 unspecified atom stereocenters. The van der Waals surface area contributed by atoms with Crippen molar-refractivity contribution in [3.8, 4) is 0 Å². The van der Waals surface area contributed by atoms with Gasteiger partial charge in [0, 0.05) is 6.04 Å². The number of hydrogen-bond acceptors (Lipinski definition) is 11. The van der Waals surface area contributed by atoms with Crippen molar-refractivity contribution in [2.24, 2.45) is 5.14 Å². The Labute approximate surface area is 204 Å². The second kappa shape index (κ2) is 10.1. The fourth-order valence-corrected chi connectivity index (χ4v) is 6.51. The van der Waals surface area contributed by atoms with Gasteiger partial charge in [0.05, 0.1) is 18.2 Å². The van der Waals surface area contributed by atoms with E-state index in [4.69, 9.17) is 26.2 Å². The van der Waals surface area contributed by atoms with Crippen LogP contribution < -0.4 is 10.5 Å². The van der Waals surface area contributed by atoms with Gasteiger partial charge in [-0.25, -0.2) is 18.2 Å². The van der Waals surface area contributed by atoms with E-state index in [0.29, 0.717) is 11.2 Å². The number of nitrogens with one attached hydrogen (secondary N) is 1. The molecule has 0 spiro atoms. The molecule has 0 radical (unpaired) electrons. The summed E-state index contributed by atoms with van der Waals surface area (Å²) in [5.41, 5.74) is 0.227. The number of nitrogens with zero attached hydrogens (tertiary/aromatic N) is 4. The number of nitrogens with two attached hydrogens (primary N) is 1. The van der Waals surface area contributed by atoms with Crippen molar-refractivity contribution in [3.63, 3.8) is 0 Å². The van der Waals surface area contributed by atoms with Crippen LogP contribution in [0, 0.1) is 0 Å². The summed E-state index contributed by atoms with van der Waals surface area (Å²) in [6, 6.07) is 0.225. The molecule has 1 aliphatic heterocycles. The average molecular weight is 557 g/mol. The van der Waals surface area contributed by atoms with Crippen molar-refractivity contribution < 1.29 is 42.5 Å². The number of rotatable bonds is 9. The van der Waals surface area contributed by atoms with Gasteiger partial charge in [-0.1, -0.05) is 12.8 Å². The molecule has 196 valence electrons. The lowest BCUT2D eigenvalue weighted by molar-refractivity contribution is -0.0739.